The fourth-order valence-electron chi connectivity index (χ4n) is 1.73. The number of hydrogen-bond donors (Lipinski definition) is 2. The highest BCUT2D eigenvalue weighted by atomic mass is 16.5. The van der Waals surface area contributed by atoms with Crippen molar-refractivity contribution < 1.29 is 9.15 Å². The number of aryl methyl sites for hydroxylation is 1. The highest BCUT2D eigenvalue weighted by Crippen LogP contribution is 2.13. The van der Waals surface area contributed by atoms with Crippen molar-refractivity contribution in [3.63, 3.8) is 0 Å². The third kappa shape index (κ3) is 4.42. The van der Waals surface area contributed by atoms with Crippen molar-refractivity contribution in [3.8, 4) is 0 Å². The van der Waals surface area contributed by atoms with Gasteiger partial charge < -0.3 is 19.8 Å². The third-order valence-corrected chi connectivity index (χ3v) is 2.83. The van der Waals surface area contributed by atoms with Crippen LogP contribution in [0.1, 0.15) is 31.3 Å². The van der Waals surface area contributed by atoms with E-state index in [1.807, 2.05) is 27.0 Å². The molecule has 0 saturated heterocycles. The van der Waals surface area contributed by atoms with Crippen LogP contribution in [0.3, 0.4) is 0 Å². The zero-order chi connectivity index (χ0) is 15.1. The Balaban J connectivity index is 2.03. The molecule has 0 unspecified atom stereocenters. The second-order valence-corrected chi connectivity index (χ2v) is 4.37. The van der Waals surface area contributed by atoms with Gasteiger partial charge >= 0.3 is 0 Å². The van der Waals surface area contributed by atoms with E-state index in [4.69, 9.17) is 9.15 Å². The molecule has 0 atom stereocenters. The minimum absolute atomic E-state index is 0.389. The largest absolute Gasteiger partial charge is 0.444 e. The van der Waals surface area contributed by atoms with Gasteiger partial charge in [0.25, 0.3) is 0 Å². The molecule has 7 nitrogen and oxygen atoms in total. The van der Waals surface area contributed by atoms with Gasteiger partial charge in [-0.25, -0.2) is 15.0 Å². The number of aromatic nitrogens is 3. The zero-order valence-corrected chi connectivity index (χ0v) is 12.6. The Hall–Kier alpha value is -2.15. The summed E-state index contributed by atoms with van der Waals surface area (Å²) in [6.45, 7) is 5.47. The highest BCUT2D eigenvalue weighted by Gasteiger charge is 2.06. The van der Waals surface area contributed by atoms with Crippen LogP contribution in [-0.4, -0.2) is 28.6 Å². The van der Waals surface area contributed by atoms with Crippen molar-refractivity contribution >= 4 is 11.6 Å². The first-order valence-electron chi connectivity index (χ1n) is 7.06. The van der Waals surface area contributed by atoms with Gasteiger partial charge in [-0.15, -0.1) is 0 Å². The first-order valence-corrected chi connectivity index (χ1v) is 7.06. The number of nitrogens with zero attached hydrogens (tertiary/aromatic N) is 3. The zero-order valence-electron chi connectivity index (χ0n) is 12.6. The summed E-state index contributed by atoms with van der Waals surface area (Å²) in [5.74, 6) is 3.60. The molecular weight excluding hydrogens is 270 g/mol. The Kier molecular flexibility index (Phi) is 5.51. The molecule has 0 aliphatic heterocycles. The summed E-state index contributed by atoms with van der Waals surface area (Å²) in [7, 11) is 1.82. The predicted octanol–water partition coefficient (Wildman–Crippen LogP) is 2.22. The van der Waals surface area contributed by atoms with Crippen LogP contribution in [0.15, 0.2) is 16.7 Å². The molecule has 114 valence electrons. The minimum Gasteiger partial charge on any atom is -0.444 e. The molecule has 0 spiro atoms. The summed E-state index contributed by atoms with van der Waals surface area (Å²) in [4.78, 5) is 12.9. The normalized spacial score (nSPS) is 10.6. The van der Waals surface area contributed by atoms with Crippen molar-refractivity contribution in [2.24, 2.45) is 0 Å². The second kappa shape index (κ2) is 7.58. The van der Waals surface area contributed by atoms with E-state index in [1.165, 1.54) is 0 Å². The molecule has 0 aromatic carbocycles. The number of anilines is 2. The molecule has 0 bridgehead atoms. The number of hydrogen-bond acceptors (Lipinski definition) is 7. The number of nitrogens with one attached hydrogen (secondary N) is 2. The van der Waals surface area contributed by atoms with Crippen LogP contribution in [-0.2, 0) is 24.3 Å². The van der Waals surface area contributed by atoms with Gasteiger partial charge in [-0.3, -0.25) is 0 Å². The standard InChI is InChI=1S/C14H21N5O2/c1-4-10-7-17-14(21-10)8-16-12-6-11(15-3)18-13(19-12)9-20-5-2/h6-7H,4-5,8-9H2,1-3H3,(H2,15,16,18,19). The van der Waals surface area contributed by atoms with Gasteiger partial charge in [0, 0.05) is 26.1 Å². The summed E-state index contributed by atoms with van der Waals surface area (Å²) < 4.78 is 10.9. The molecule has 2 aromatic heterocycles. The molecule has 0 aliphatic carbocycles. The fraction of sp³-hybridized carbons (Fsp3) is 0.500. The van der Waals surface area contributed by atoms with Crippen molar-refractivity contribution in [2.45, 2.75) is 33.4 Å². The highest BCUT2D eigenvalue weighted by molar-refractivity contribution is 5.47. The maximum atomic E-state index is 5.55. The molecule has 0 amide bonds. The maximum absolute atomic E-state index is 5.55. The summed E-state index contributed by atoms with van der Waals surface area (Å²) in [5, 5.41) is 6.20. The Labute approximate surface area is 124 Å². The lowest BCUT2D eigenvalue weighted by Gasteiger charge is -2.08. The first kappa shape index (κ1) is 15.2. The molecule has 0 fully saturated rings. The van der Waals surface area contributed by atoms with Crippen LogP contribution in [0.5, 0.6) is 0 Å². The number of ether oxygens (including phenoxy) is 1. The molecule has 2 aromatic rings. The van der Waals surface area contributed by atoms with Crippen LogP contribution < -0.4 is 10.6 Å². The minimum atomic E-state index is 0.389. The van der Waals surface area contributed by atoms with Gasteiger partial charge in [0.15, 0.2) is 5.82 Å². The average molecular weight is 291 g/mol. The van der Waals surface area contributed by atoms with E-state index < -0.39 is 0 Å². The molecular formula is C14H21N5O2. The molecule has 2 rings (SSSR count). The Morgan fingerprint density at radius 2 is 2.05 bits per heavy atom. The van der Waals surface area contributed by atoms with E-state index in [1.54, 1.807) is 6.20 Å². The number of oxazole rings is 1. The lowest BCUT2D eigenvalue weighted by molar-refractivity contribution is 0.128. The van der Waals surface area contributed by atoms with E-state index in [9.17, 15) is 0 Å². The average Bonchev–Trinajstić information content (AvgIpc) is 2.98. The van der Waals surface area contributed by atoms with Gasteiger partial charge in [-0.05, 0) is 6.92 Å². The van der Waals surface area contributed by atoms with Crippen molar-refractivity contribution in [1.82, 2.24) is 15.0 Å². The van der Waals surface area contributed by atoms with Gasteiger partial charge in [0.05, 0.1) is 12.7 Å². The molecule has 0 radical (unpaired) electrons. The summed E-state index contributed by atoms with van der Waals surface area (Å²) >= 11 is 0. The molecule has 0 saturated carbocycles. The van der Waals surface area contributed by atoms with E-state index in [0.717, 1.165) is 18.0 Å². The Morgan fingerprint density at radius 3 is 2.71 bits per heavy atom. The quantitative estimate of drug-likeness (QED) is 0.771. The summed E-state index contributed by atoms with van der Waals surface area (Å²) in [6, 6.07) is 1.83. The fourth-order valence-corrected chi connectivity index (χ4v) is 1.73. The Morgan fingerprint density at radius 1 is 1.24 bits per heavy atom. The third-order valence-electron chi connectivity index (χ3n) is 2.83. The molecule has 7 heteroatoms. The van der Waals surface area contributed by atoms with Gasteiger partial charge in [0.1, 0.15) is 24.0 Å². The van der Waals surface area contributed by atoms with E-state index in [2.05, 4.69) is 25.6 Å². The predicted molar refractivity (Wildman–Crippen MR) is 80.1 cm³/mol. The molecule has 2 N–H and O–H groups in total. The summed E-state index contributed by atoms with van der Waals surface area (Å²) in [5.41, 5.74) is 0. The molecule has 2 heterocycles. The summed E-state index contributed by atoms with van der Waals surface area (Å²) in [6.07, 6.45) is 2.58. The van der Waals surface area contributed by atoms with Crippen molar-refractivity contribution in [3.05, 3.63) is 29.7 Å². The van der Waals surface area contributed by atoms with E-state index >= 15 is 0 Å². The van der Waals surface area contributed by atoms with Crippen LogP contribution in [0.2, 0.25) is 0 Å². The first-order chi connectivity index (χ1) is 10.2. The van der Waals surface area contributed by atoms with Crippen molar-refractivity contribution in [2.75, 3.05) is 24.3 Å². The topological polar surface area (TPSA) is 85.1 Å². The molecule has 0 aliphatic rings. The smallest absolute Gasteiger partial charge is 0.213 e. The lowest BCUT2D eigenvalue weighted by Crippen LogP contribution is -2.08. The van der Waals surface area contributed by atoms with Gasteiger partial charge in [-0.1, -0.05) is 6.92 Å². The number of rotatable bonds is 8. The van der Waals surface area contributed by atoms with Crippen molar-refractivity contribution in [1.29, 1.82) is 0 Å². The van der Waals surface area contributed by atoms with Gasteiger partial charge in [0.2, 0.25) is 5.89 Å². The monoisotopic (exact) mass is 291 g/mol. The van der Waals surface area contributed by atoms with Crippen LogP contribution >= 0.6 is 0 Å². The second-order valence-electron chi connectivity index (χ2n) is 4.37. The van der Waals surface area contributed by atoms with Crippen LogP contribution in [0.25, 0.3) is 0 Å². The molecule has 21 heavy (non-hydrogen) atoms. The van der Waals surface area contributed by atoms with Crippen LogP contribution in [0, 0.1) is 0 Å². The lowest BCUT2D eigenvalue weighted by atomic mass is 10.4. The SMILES string of the molecule is CCOCc1nc(NC)cc(NCc2ncc(CC)o2)n1. The van der Waals surface area contributed by atoms with E-state index in [0.29, 0.717) is 37.3 Å². The Bertz CT molecular complexity index is 570. The maximum Gasteiger partial charge on any atom is 0.213 e. The van der Waals surface area contributed by atoms with E-state index in [-0.39, 0.29) is 0 Å². The van der Waals surface area contributed by atoms with Gasteiger partial charge in [-0.2, -0.15) is 0 Å². The van der Waals surface area contributed by atoms with Crippen LogP contribution in [0.4, 0.5) is 11.6 Å².